The summed E-state index contributed by atoms with van der Waals surface area (Å²) in [5.41, 5.74) is -0.991. The van der Waals surface area contributed by atoms with Gasteiger partial charge in [-0.25, -0.2) is 9.59 Å². The fraction of sp³-hybridized carbons (Fsp3) is 0.867. The van der Waals surface area contributed by atoms with E-state index >= 15 is 0 Å². The fourth-order valence-corrected chi connectivity index (χ4v) is 3.74. The topological polar surface area (TPSA) is 64.1 Å². The number of hydrogen-bond donors (Lipinski definition) is 1. The number of rotatable bonds is 3. The number of urea groups is 1. The van der Waals surface area contributed by atoms with Gasteiger partial charge in [0.25, 0.3) is 0 Å². The van der Waals surface area contributed by atoms with E-state index in [9.17, 15) is 14.7 Å². The fourth-order valence-electron chi connectivity index (χ4n) is 3.74. The van der Waals surface area contributed by atoms with Crippen molar-refractivity contribution in [1.82, 2.24) is 14.7 Å². The first-order valence-corrected chi connectivity index (χ1v) is 7.92. The van der Waals surface area contributed by atoms with Gasteiger partial charge in [-0.1, -0.05) is 13.3 Å². The molecule has 6 heteroatoms. The molecule has 2 rings (SSSR count). The number of piperazine rings is 1. The Morgan fingerprint density at radius 2 is 2.00 bits per heavy atom. The molecule has 0 radical (unpaired) electrons. The van der Waals surface area contributed by atoms with Gasteiger partial charge in [-0.05, 0) is 33.2 Å². The number of hydrogen-bond acceptors (Lipinski definition) is 3. The summed E-state index contributed by atoms with van der Waals surface area (Å²) in [6.45, 7) is 6.93. The molecular formula is C15H27N3O3. The second-order valence-electron chi connectivity index (χ2n) is 6.43. The first-order chi connectivity index (χ1) is 9.92. The maximum atomic E-state index is 12.9. The molecule has 2 saturated heterocycles. The zero-order valence-corrected chi connectivity index (χ0v) is 13.3. The molecule has 2 fully saturated rings. The Balaban J connectivity index is 2.18. The molecule has 2 aliphatic heterocycles. The largest absolute Gasteiger partial charge is 0.479 e. The number of carbonyl (C=O) groups excluding carboxylic acids is 1. The van der Waals surface area contributed by atoms with Crippen LogP contribution < -0.4 is 0 Å². The van der Waals surface area contributed by atoms with Gasteiger partial charge in [-0.2, -0.15) is 0 Å². The Hall–Kier alpha value is -1.30. The molecule has 2 amide bonds. The molecule has 2 heterocycles. The number of aliphatic carboxylic acids is 1. The van der Waals surface area contributed by atoms with Gasteiger partial charge in [-0.15, -0.1) is 0 Å². The SMILES string of the molecule is CCCC1(C(=O)O)CCCN1C(=O)N1CCN(C)CC1C. The third-order valence-electron chi connectivity index (χ3n) is 4.86. The predicted molar refractivity (Wildman–Crippen MR) is 80.3 cm³/mol. The summed E-state index contributed by atoms with van der Waals surface area (Å²) in [5.74, 6) is -0.850. The highest BCUT2D eigenvalue weighted by molar-refractivity contribution is 5.87. The van der Waals surface area contributed by atoms with Gasteiger partial charge in [-0.3, -0.25) is 0 Å². The summed E-state index contributed by atoms with van der Waals surface area (Å²) in [4.78, 5) is 30.4. The van der Waals surface area contributed by atoms with E-state index in [1.54, 1.807) is 4.90 Å². The van der Waals surface area contributed by atoms with Gasteiger partial charge in [0.2, 0.25) is 0 Å². The zero-order chi connectivity index (χ0) is 15.6. The molecule has 120 valence electrons. The van der Waals surface area contributed by atoms with E-state index in [-0.39, 0.29) is 12.1 Å². The second-order valence-corrected chi connectivity index (χ2v) is 6.43. The van der Waals surface area contributed by atoms with Crippen molar-refractivity contribution in [2.75, 3.05) is 33.2 Å². The second kappa shape index (κ2) is 6.22. The average Bonchev–Trinajstić information content (AvgIpc) is 2.83. The first-order valence-electron chi connectivity index (χ1n) is 7.92. The Morgan fingerprint density at radius 3 is 2.57 bits per heavy atom. The summed E-state index contributed by atoms with van der Waals surface area (Å²) in [5, 5.41) is 9.70. The highest BCUT2D eigenvalue weighted by Gasteiger charge is 2.50. The highest BCUT2D eigenvalue weighted by atomic mass is 16.4. The van der Waals surface area contributed by atoms with Crippen LogP contribution in [0.15, 0.2) is 0 Å². The highest BCUT2D eigenvalue weighted by Crippen LogP contribution is 2.35. The number of amides is 2. The summed E-state index contributed by atoms with van der Waals surface area (Å²) in [6.07, 6.45) is 2.66. The summed E-state index contributed by atoms with van der Waals surface area (Å²) in [7, 11) is 2.05. The summed E-state index contributed by atoms with van der Waals surface area (Å²) >= 11 is 0. The van der Waals surface area contributed by atoms with Crippen LogP contribution in [0.1, 0.15) is 39.5 Å². The van der Waals surface area contributed by atoms with E-state index in [4.69, 9.17) is 0 Å². The van der Waals surface area contributed by atoms with E-state index in [0.717, 1.165) is 25.9 Å². The van der Waals surface area contributed by atoms with Crippen LogP contribution in [0.25, 0.3) is 0 Å². The maximum absolute atomic E-state index is 12.9. The van der Waals surface area contributed by atoms with Crippen molar-refractivity contribution in [2.24, 2.45) is 0 Å². The number of nitrogens with zero attached hydrogens (tertiary/aromatic N) is 3. The molecular weight excluding hydrogens is 270 g/mol. The van der Waals surface area contributed by atoms with Crippen molar-refractivity contribution in [3.8, 4) is 0 Å². The molecule has 0 bridgehead atoms. The lowest BCUT2D eigenvalue weighted by molar-refractivity contribution is -0.149. The van der Waals surface area contributed by atoms with Crippen LogP contribution in [0.5, 0.6) is 0 Å². The first kappa shape index (κ1) is 16.1. The Labute approximate surface area is 126 Å². The van der Waals surface area contributed by atoms with Gasteiger partial charge in [0, 0.05) is 32.2 Å². The van der Waals surface area contributed by atoms with E-state index in [1.807, 2.05) is 25.8 Å². The van der Waals surface area contributed by atoms with Crippen LogP contribution >= 0.6 is 0 Å². The minimum atomic E-state index is -0.991. The Bertz CT molecular complexity index is 415. The molecule has 0 aromatic rings. The number of carbonyl (C=O) groups is 2. The van der Waals surface area contributed by atoms with Gasteiger partial charge in [0.15, 0.2) is 0 Å². The Kier molecular flexibility index (Phi) is 4.76. The van der Waals surface area contributed by atoms with Crippen LogP contribution in [-0.2, 0) is 4.79 Å². The van der Waals surface area contributed by atoms with Crippen LogP contribution in [0.4, 0.5) is 4.79 Å². The predicted octanol–water partition coefficient (Wildman–Crippen LogP) is 1.46. The standard InChI is InChI=1S/C15H27N3O3/c1-4-6-15(13(19)20)7-5-8-18(15)14(21)17-10-9-16(3)11-12(17)2/h12H,4-11H2,1-3H3,(H,19,20). The van der Waals surface area contributed by atoms with Crippen LogP contribution in [-0.4, -0.2) is 76.6 Å². The normalized spacial score (nSPS) is 30.7. The van der Waals surface area contributed by atoms with E-state index in [1.165, 1.54) is 0 Å². The number of likely N-dealkylation sites (tertiary alicyclic amines) is 1. The molecule has 0 saturated carbocycles. The summed E-state index contributed by atoms with van der Waals surface area (Å²) in [6, 6.07) is 0.0360. The minimum Gasteiger partial charge on any atom is -0.479 e. The quantitative estimate of drug-likeness (QED) is 0.856. The van der Waals surface area contributed by atoms with Crippen molar-refractivity contribution in [3.63, 3.8) is 0 Å². The van der Waals surface area contributed by atoms with E-state index < -0.39 is 11.5 Å². The van der Waals surface area contributed by atoms with E-state index in [0.29, 0.717) is 25.9 Å². The van der Waals surface area contributed by atoms with Gasteiger partial charge in [0.05, 0.1) is 0 Å². The van der Waals surface area contributed by atoms with Crippen molar-refractivity contribution >= 4 is 12.0 Å². The number of carboxylic acids is 1. The molecule has 1 N–H and O–H groups in total. The average molecular weight is 297 g/mol. The van der Waals surface area contributed by atoms with Gasteiger partial charge in [0.1, 0.15) is 5.54 Å². The van der Waals surface area contributed by atoms with Gasteiger partial charge >= 0.3 is 12.0 Å². The molecule has 0 aliphatic carbocycles. The molecule has 0 spiro atoms. The maximum Gasteiger partial charge on any atom is 0.329 e. The number of carboxylic acid groups (broad SMARTS) is 1. The molecule has 21 heavy (non-hydrogen) atoms. The molecule has 2 aliphatic rings. The smallest absolute Gasteiger partial charge is 0.329 e. The Morgan fingerprint density at radius 1 is 1.29 bits per heavy atom. The zero-order valence-electron chi connectivity index (χ0n) is 13.3. The third-order valence-corrected chi connectivity index (χ3v) is 4.86. The molecule has 0 aromatic heterocycles. The van der Waals surface area contributed by atoms with Crippen molar-refractivity contribution in [1.29, 1.82) is 0 Å². The third kappa shape index (κ3) is 2.86. The minimum absolute atomic E-state index is 0.0936. The van der Waals surface area contributed by atoms with Crippen LogP contribution in [0, 0.1) is 0 Å². The van der Waals surface area contributed by atoms with Crippen molar-refractivity contribution in [2.45, 2.75) is 51.1 Å². The molecule has 2 unspecified atom stereocenters. The van der Waals surface area contributed by atoms with E-state index in [2.05, 4.69) is 4.90 Å². The van der Waals surface area contributed by atoms with Crippen LogP contribution in [0.2, 0.25) is 0 Å². The van der Waals surface area contributed by atoms with Crippen LogP contribution in [0.3, 0.4) is 0 Å². The molecule has 2 atom stereocenters. The lowest BCUT2D eigenvalue weighted by atomic mass is 9.91. The summed E-state index contributed by atoms with van der Waals surface area (Å²) < 4.78 is 0. The van der Waals surface area contributed by atoms with Crippen molar-refractivity contribution in [3.05, 3.63) is 0 Å². The van der Waals surface area contributed by atoms with Gasteiger partial charge < -0.3 is 19.8 Å². The lowest BCUT2D eigenvalue weighted by Crippen LogP contribution is -2.61. The lowest BCUT2D eigenvalue weighted by Gasteiger charge is -2.43. The van der Waals surface area contributed by atoms with Crippen molar-refractivity contribution < 1.29 is 14.7 Å². The molecule has 6 nitrogen and oxygen atoms in total. The number of likely N-dealkylation sites (N-methyl/N-ethyl adjacent to an activating group) is 1. The monoisotopic (exact) mass is 297 g/mol. The molecule has 0 aromatic carbocycles.